The molecule has 0 aromatic carbocycles. The minimum atomic E-state index is -0.264. The van der Waals surface area contributed by atoms with Gasteiger partial charge in [-0.2, -0.15) is 0 Å². The molecule has 0 aromatic heterocycles. The molecule has 78 valence electrons. The van der Waals surface area contributed by atoms with Crippen molar-refractivity contribution in [1.82, 2.24) is 10.2 Å². The third kappa shape index (κ3) is 1.48. The molecule has 0 atom stereocenters. The van der Waals surface area contributed by atoms with Gasteiger partial charge in [-0.05, 0) is 19.8 Å². The Bertz CT molecular complexity index is 271. The van der Waals surface area contributed by atoms with E-state index in [4.69, 9.17) is 4.74 Å². The Morgan fingerprint density at radius 3 is 2.50 bits per heavy atom. The maximum absolute atomic E-state index is 11.4. The standard InChI is InChI=1S/C9H14N2O3/c1-9(2-4-14-5-3-9)11-6-7(12)10-8(11)13/h2-6H2,1H3,(H,10,12,13). The molecule has 2 saturated heterocycles. The lowest BCUT2D eigenvalue weighted by Gasteiger charge is -2.40. The topological polar surface area (TPSA) is 58.6 Å². The fourth-order valence-electron chi connectivity index (χ4n) is 1.96. The van der Waals surface area contributed by atoms with E-state index in [9.17, 15) is 9.59 Å². The molecule has 0 bridgehead atoms. The lowest BCUT2D eigenvalue weighted by atomic mass is 9.91. The summed E-state index contributed by atoms with van der Waals surface area (Å²) >= 11 is 0. The summed E-state index contributed by atoms with van der Waals surface area (Å²) in [5.74, 6) is -0.206. The molecule has 2 fully saturated rings. The molecular weight excluding hydrogens is 184 g/mol. The molecule has 1 N–H and O–H groups in total. The van der Waals surface area contributed by atoms with Gasteiger partial charge in [0.1, 0.15) is 6.54 Å². The van der Waals surface area contributed by atoms with Crippen molar-refractivity contribution in [2.75, 3.05) is 19.8 Å². The zero-order valence-electron chi connectivity index (χ0n) is 8.21. The molecule has 0 aliphatic carbocycles. The number of carbonyl (C=O) groups excluding carboxylic acids is 2. The first-order chi connectivity index (χ1) is 6.62. The summed E-state index contributed by atoms with van der Waals surface area (Å²) in [6.07, 6.45) is 1.60. The monoisotopic (exact) mass is 198 g/mol. The first-order valence-corrected chi connectivity index (χ1v) is 4.81. The summed E-state index contributed by atoms with van der Waals surface area (Å²) in [6, 6.07) is -0.264. The van der Waals surface area contributed by atoms with Gasteiger partial charge in [0.05, 0.1) is 0 Å². The highest BCUT2D eigenvalue weighted by molar-refractivity contribution is 6.02. The molecule has 0 radical (unpaired) electrons. The maximum atomic E-state index is 11.4. The van der Waals surface area contributed by atoms with Crippen LogP contribution in [0, 0.1) is 0 Å². The summed E-state index contributed by atoms with van der Waals surface area (Å²) < 4.78 is 5.24. The van der Waals surface area contributed by atoms with Crippen molar-refractivity contribution in [1.29, 1.82) is 0 Å². The van der Waals surface area contributed by atoms with Crippen molar-refractivity contribution in [2.45, 2.75) is 25.3 Å². The highest BCUT2D eigenvalue weighted by atomic mass is 16.5. The van der Waals surface area contributed by atoms with Crippen LogP contribution >= 0.6 is 0 Å². The van der Waals surface area contributed by atoms with E-state index in [0.717, 1.165) is 12.8 Å². The molecule has 5 nitrogen and oxygen atoms in total. The predicted octanol–water partition coefficient (Wildman–Crippen LogP) is 0.107. The Morgan fingerprint density at radius 1 is 1.36 bits per heavy atom. The smallest absolute Gasteiger partial charge is 0.325 e. The van der Waals surface area contributed by atoms with Crippen molar-refractivity contribution in [3.63, 3.8) is 0 Å². The van der Waals surface area contributed by atoms with Crippen LogP contribution in [0.5, 0.6) is 0 Å². The van der Waals surface area contributed by atoms with E-state index in [1.807, 2.05) is 6.92 Å². The van der Waals surface area contributed by atoms with Crippen molar-refractivity contribution in [3.8, 4) is 0 Å². The average Bonchev–Trinajstić information content (AvgIpc) is 2.47. The first-order valence-electron chi connectivity index (χ1n) is 4.81. The molecular formula is C9H14N2O3. The van der Waals surface area contributed by atoms with Crippen LogP contribution < -0.4 is 5.32 Å². The summed E-state index contributed by atoms with van der Waals surface area (Å²) in [5.41, 5.74) is -0.214. The zero-order chi connectivity index (χ0) is 10.2. The van der Waals surface area contributed by atoms with Crippen LogP contribution in [0.4, 0.5) is 4.79 Å². The molecule has 14 heavy (non-hydrogen) atoms. The number of nitrogens with zero attached hydrogens (tertiary/aromatic N) is 1. The fourth-order valence-corrected chi connectivity index (χ4v) is 1.96. The van der Waals surface area contributed by atoms with Gasteiger partial charge in [0.25, 0.3) is 0 Å². The normalized spacial score (nSPS) is 26.5. The van der Waals surface area contributed by atoms with Crippen LogP contribution in [0.3, 0.4) is 0 Å². The summed E-state index contributed by atoms with van der Waals surface area (Å²) in [5, 5.41) is 2.30. The SMILES string of the molecule is CC1(N2CC(=O)NC2=O)CCOCC1. The average molecular weight is 198 g/mol. The molecule has 2 heterocycles. The van der Waals surface area contributed by atoms with Gasteiger partial charge < -0.3 is 9.64 Å². The lowest BCUT2D eigenvalue weighted by molar-refractivity contribution is -0.119. The largest absolute Gasteiger partial charge is 0.381 e. The molecule has 0 unspecified atom stereocenters. The Hall–Kier alpha value is -1.10. The molecule has 5 heteroatoms. The molecule has 3 amide bonds. The van der Waals surface area contributed by atoms with E-state index >= 15 is 0 Å². The van der Waals surface area contributed by atoms with Crippen molar-refractivity contribution in [3.05, 3.63) is 0 Å². The van der Waals surface area contributed by atoms with E-state index in [1.165, 1.54) is 0 Å². The second-order valence-corrected chi connectivity index (χ2v) is 4.05. The minimum absolute atomic E-state index is 0.190. The Balaban J connectivity index is 2.12. The summed E-state index contributed by atoms with van der Waals surface area (Å²) in [4.78, 5) is 24.1. The van der Waals surface area contributed by atoms with E-state index < -0.39 is 0 Å². The molecule has 0 aromatic rings. The number of ether oxygens (including phenoxy) is 1. The number of imide groups is 1. The van der Waals surface area contributed by atoms with Gasteiger partial charge in [0, 0.05) is 18.8 Å². The van der Waals surface area contributed by atoms with Crippen molar-refractivity contribution >= 4 is 11.9 Å². The number of hydrogen-bond donors (Lipinski definition) is 1. The highest BCUT2D eigenvalue weighted by Gasteiger charge is 2.41. The number of carbonyl (C=O) groups is 2. The second-order valence-electron chi connectivity index (χ2n) is 4.05. The number of hydrogen-bond acceptors (Lipinski definition) is 3. The Morgan fingerprint density at radius 2 is 2.00 bits per heavy atom. The van der Waals surface area contributed by atoms with Gasteiger partial charge >= 0.3 is 6.03 Å². The van der Waals surface area contributed by atoms with Gasteiger partial charge in [-0.1, -0.05) is 0 Å². The van der Waals surface area contributed by atoms with Crippen molar-refractivity contribution in [2.24, 2.45) is 0 Å². The van der Waals surface area contributed by atoms with Crippen LogP contribution in [0.1, 0.15) is 19.8 Å². The predicted molar refractivity (Wildman–Crippen MR) is 48.7 cm³/mol. The van der Waals surface area contributed by atoms with E-state index in [2.05, 4.69) is 5.32 Å². The van der Waals surface area contributed by atoms with Gasteiger partial charge in [0.15, 0.2) is 0 Å². The summed E-state index contributed by atoms with van der Waals surface area (Å²) in [6.45, 7) is 3.52. The van der Waals surface area contributed by atoms with Crippen molar-refractivity contribution < 1.29 is 14.3 Å². The van der Waals surface area contributed by atoms with E-state index in [0.29, 0.717) is 13.2 Å². The third-order valence-electron chi connectivity index (χ3n) is 3.01. The minimum Gasteiger partial charge on any atom is -0.381 e. The van der Waals surface area contributed by atoms with Crippen LogP contribution in [-0.2, 0) is 9.53 Å². The van der Waals surface area contributed by atoms with Gasteiger partial charge in [-0.3, -0.25) is 10.1 Å². The Labute approximate surface area is 82.4 Å². The summed E-state index contributed by atoms with van der Waals surface area (Å²) in [7, 11) is 0. The van der Waals surface area contributed by atoms with Crippen LogP contribution in [0.25, 0.3) is 0 Å². The molecule has 2 rings (SSSR count). The van der Waals surface area contributed by atoms with Gasteiger partial charge in [0.2, 0.25) is 5.91 Å². The third-order valence-corrected chi connectivity index (χ3v) is 3.01. The lowest BCUT2D eigenvalue weighted by Crippen LogP contribution is -2.51. The van der Waals surface area contributed by atoms with E-state index in [1.54, 1.807) is 4.90 Å². The number of nitrogens with one attached hydrogen (secondary N) is 1. The van der Waals surface area contributed by atoms with Gasteiger partial charge in [-0.25, -0.2) is 4.79 Å². The zero-order valence-corrected chi connectivity index (χ0v) is 8.21. The van der Waals surface area contributed by atoms with E-state index in [-0.39, 0.29) is 24.0 Å². The van der Waals surface area contributed by atoms with Crippen LogP contribution in [0.15, 0.2) is 0 Å². The molecule has 2 aliphatic rings. The molecule has 0 saturated carbocycles. The number of amides is 3. The fraction of sp³-hybridized carbons (Fsp3) is 0.778. The molecule has 0 spiro atoms. The van der Waals surface area contributed by atoms with Crippen LogP contribution in [-0.4, -0.2) is 42.1 Å². The van der Waals surface area contributed by atoms with Gasteiger partial charge in [-0.15, -0.1) is 0 Å². The number of rotatable bonds is 1. The first kappa shape index (κ1) is 9.45. The van der Waals surface area contributed by atoms with Crippen LogP contribution in [0.2, 0.25) is 0 Å². The Kier molecular flexibility index (Phi) is 2.19. The quantitative estimate of drug-likeness (QED) is 0.608. The second kappa shape index (κ2) is 3.24. The molecule has 2 aliphatic heterocycles. The highest BCUT2D eigenvalue weighted by Crippen LogP contribution is 2.28. The maximum Gasteiger partial charge on any atom is 0.325 e. The number of urea groups is 1.